The molecule has 0 spiro atoms. The third kappa shape index (κ3) is 2.69. The lowest BCUT2D eigenvalue weighted by Gasteiger charge is -1.99. The highest BCUT2D eigenvalue weighted by molar-refractivity contribution is 14.1. The highest BCUT2D eigenvalue weighted by atomic mass is 127. The third-order valence-corrected chi connectivity index (χ3v) is 3.01. The number of Topliss-reactive ketones (excluding diaryl/α,β-unsaturated/α-hetero) is 1. The fourth-order valence-electron chi connectivity index (χ4n) is 1.49. The first-order valence-corrected chi connectivity index (χ1v) is 5.99. The van der Waals surface area contributed by atoms with E-state index in [9.17, 15) is 4.79 Å². The molecule has 0 amide bonds. The Labute approximate surface area is 108 Å². The second-order valence-electron chi connectivity index (χ2n) is 3.63. The van der Waals surface area contributed by atoms with Crippen LogP contribution in [0.2, 0.25) is 0 Å². The summed E-state index contributed by atoms with van der Waals surface area (Å²) in [5.41, 5.74) is 1.70. The largest absolute Gasteiger partial charge is 0.294 e. The van der Waals surface area contributed by atoms with Crippen LogP contribution in [0.5, 0.6) is 0 Å². The van der Waals surface area contributed by atoms with E-state index in [2.05, 4.69) is 27.7 Å². The molecule has 2 rings (SSSR count). The van der Waals surface area contributed by atoms with E-state index in [0.29, 0.717) is 6.42 Å². The normalized spacial score (nSPS) is 10.4. The van der Waals surface area contributed by atoms with Gasteiger partial charge in [0, 0.05) is 28.8 Å². The predicted molar refractivity (Wildman–Crippen MR) is 70.4 cm³/mol. The number of aryl methyl sites for hydroxylation is 1. The lowest BCUT2D eigenvalue weighted by atomic mass is 10.1. The van der Waals surface area contributed by atoms with Crippen LogP contribution in [0.25, 0.3) is 0 Å². The third-order valence-electron chi connectivity index (χ3n) is 2.29. The van der Waals surface area contributed by atoms with Crippen molar-refractivity contribution in [2.24, 2.45) is 7.05 Å². The van der Waals surface area contributed by atoms with Crippen LogP contribution in [-0.2, 0) is 13.5 Å². The molecule has 0 N–H and O–H groups in total. The molecule has 0 saturated heterocycles. The monoisotopic (exact) mass is 326 g/mol. The Morgan fingerprint density at radius 1 is 1.38 bits per heavy atom. The van der Waals surface area contributed by atoms with E-state index in [1.807, 2.05) is 37.5 Å². The van der Waals surface area contributed by atoms with Crippen LogP contribution in [0.4, 0.5) is 0 Å². The molecule has 3 nitrogen and oxygen atoms in total. The Morgan fingerprint density at radius 3 is 2.62 bits per heavy atom. The van der Waals surface area contributed by atoms with E-state index in [1.54, 1.807) is 10.9 Å². The van der Waals surface area contributed by atoms with Gasteiger partial charge in [-0.05, 0) is 40.3 Å². The molecule has 0 saturated carbocycles. The van der Waals surface area contributed by atoms with Gasteiger partial charge in [0.05, 0.1) is 6.20 Å². The van der Waals surface area contributed by atoms with Gasteiger partial charge in [0.25, 0.3) is 0 Å². The molecule has 0 aliphatic heterocycles. The lowest BCUT2D eigenvalue weighted by molar-refractivity contribution is 0.0993. The van der Waals surface area contributed by atoms with Crippen molar-refractivity contribution in [1.82, 2.24) is 9.78 Å². The van der Waals surface area contributed by atoms with E-state index in [1.165, 1.54) is 0 Å². The lowest BCUT2D eigenvalue weighted by Crippen LogP contribution is -2.02. The Hall–Kier alpha value is -1.17. The molecular formula is C12H11IN2O. The molecule has 16 heavy (non-hydrogen) atoms. The van der Waals surface area contributed by atoms with Crippen LogP contribution >= 0.6 is 22.6 Å². The summed E-state index contributed by atoms with van der Waals surface area (Å²) in [5, 5.41) is 4.04. The zero-order valence-corrected chi connectivity index (χ0v) is 11.0. The number of halogens is 1. The molecule has 0 bridgehead atoms. The number of hydrogen-bond acceptors (Lipinski definition) is 2. The van der Waals surface area contributed by atoms with Gasteiger partial charge in [-0.2, -0.15) is 5.10 Å². The summed E-state index contributed by atoms with van der Waals surface area (Å²) >= 11 is 2.22. The summed E-state index contributed by atoms with van der Waals surface area (Å²) in [6.07, 6.45) is 4.00. The second-order valence-corrected chi connectivity index (χ2v) is 4.87. The number of rotatable bonds is 3. The molecule has 0 unspecified atom stereocenters. The van der Waals surface area contributed by atoms with Crippen LogP contribution in [0.3, 0.4) is 0 Å². The summed E-state index contributed by atoms with van der Waals surface area (Å²) < 4.78 is 2.84. The van der Waals surface area contributed by atoms with Gasteiger partial charge in [-0.1, -0.05) is 12.1 Å². The first-order valence-electron chi connectivity index (χ1n) is 4.91. The van der Waals surface area contributed by atoms with Gasteiger partial charge in [-0.3, -0.25) is 9.48 Å². The second kappa shape index (κ2) is 4.78. The van der Waals surface area contributed by atoms with E-state index in [4.69, 9.17) is 0 Å². The average Bonchev–Trinajstić information content (AvgIpc) is 2.65. The molecule has 2 aromatic rings. The maximum absolute atomic E-state index is 11.9. The van der Waals surface area contributed by atoms with Crippen LogP contribution in [-0.4, -0.2) is 15.6 Å². The molecule has 82 valence electrons. The molecule has 0 atom stereocenters. The van der Waals surface area contributed by atoms with Gasteiger partial charge in [0.15, 0.2) is 5.78 Å². The van der Waals surface area contributed by atoms with Gasteiger partial charge in [0.1, 0.15) is 0 Å². The summed E-state index contributed by atoms with van der Waals surface area (Å²) in [7, 11) is 1.85. The number of hydrogen-bond donors (Lipinski definition) is 0. The highest BCUT2D eigenvalue weighted by Crippen LogP contribution is 2.10. The Bertz CT molecular complexity index is 502. The van der Waals surface area contributed by atoms with E-state index in [-0.39, 0.29) is 5.78 Å². The molecule has 0 fully saturated rings. The maximum atomic E-state index is 11.9. The molecule has 4 heteroatoms. The van der Waals surface area contributed by atoms with Crippen molar-refractivity contribution in [1.29, 1.82) is 0 Å². The van der Waals surface area contributed by atoms with Gasteiger partial charge in [0.2, 0.25) is 0 Å². The highest BCUT2D eigenvalue weighted by Gasteiger charge is 2.07. The van der Waals surface area contributed by atoms with Crippen molar-refractivity contribution >= 4 is 28.4 Å². The van der Waals surface area contributed by atoms with Crippen molar-refractivity contribution in [3.63, 3.8) is 0 Å². The Morgan fingerprint density at radius 2 is 2.06 bits per heavy atom. The van der Waals surface area contributed by atoms with E-state index < -0.39 is 0 Å². The topological polar surface area (TPSA) is 34.9 Å². The van der Waals surface area contributed by atoms with Gasteiger partial charge < -0.3 is 0 Å². The van der Waals surface area contributed by atoms with Gasteiger partial charge >= 0.3 is 0 Å². The quantitative estimate of drug-likeness (QED) is 0.641. The number of nitrogens with zero attached hydrogens (tertiary/aromatic N) is 2. The first-order chi connectivity index (χ1) is 7.65. The zero-order valence-electron chi connectivity index (χ0n) is 8.85. The van der Waals surface area contributed by atoms with Gasteiger partial charge in [-0.25, -0.2) is 0 Å². The summed E-state index contributed by atoms with van der Waals surface area (Å²) in [6, 6.07) is 7.61. The van der Waals surface area contributed by atoms with Crippen molar-refractivity contribution < 1.29 is 4.79 Å². The first kappa shape index (κ1) is 11.3. The molecule has 0 radical (unpaired) electrons. The molecular weight excluding hydrogens is 315 g/mol. The minimum Gasteiger partial charge on any atom is -0.294 e. The SMILES string of the molecule is Cn1cc(CC(=O)c2ccc(I)cc2)cn1. The van der Waals surface area contributed by atoms with Crippen molar-refractivity contribution in [3.05, 3.63) is 51.4 Å². The number of aromatic nitrogens is 2. The zero-order chi connectivity index (χ0) is 11.5. The smallest absolute Gasteiger partial charge is 0.167 e. The maximum Gasteiger partial charge on any atom is 0.167 e. The number of benzene rings is 1. The standard InChI is InChI=1S/C12H11IN2O/c1-15-8-9(7-14-15)6-12(16)10-2-4-11(13)5-3-10/h2-5,7-8H,6H2,1H3. The molecule has 1 heterocycles. The number of carbonyl (C=O) groups is 1. The Kier molecular flexibility index (Phi) is 3.38. The van der Waals surface area contributed by atoms with Crippen molar-refractivity contribution in [2.75, 3.05) is 0 Å². The fourth-order valence-corrected chi connectivity index (χ4v) is 1.85. The van der Waals surface area contributed by atoms with Gasteiger partial charge in [-0.15, -0.1) is 0 Å². The molecule has 1 aromatic heterocycles. The van der Waals surface area contributed by atoms with Crippen LogP contribution in [0.15, 0.2) is 36.7 Å². The van der Waals surface area contributed by atoms with Crippen molar-refractivity contribution in [3.8, 4) is 0 Å². The minimum absolute atomic E-state index is 0.129. The number of carbonyl (C=O) groups excluding carboxylic acids is 1. The van der Waals surface area contributed by atoms with Crippen LogP contribution < -0.4 is 0 Å². The van der Waals surface area contributed by atoms with Crippen LogP contribution in [0.1, 0.15) is 15.9 Å². The van der Waals surface area contributed by atoms with E-state index >= 15 is 0 Å². The summed E-state index contributed by atoms with van der Waals surface area (Å²) in [6.45, 7) is 0. The predicted octanol–water partition coefficient (Wildman–Crippen LogP) is 2.45. The van der Waals surface area contributed by atoms with Crippen LogP contribution in [0, 0.1) is 3.57 Å². The number of ketones is 1. The average molecular weight is 326 g/mol. The molecule has 0 aliphatic carbocycles. The van der Waals surface area contributed by atoms with E-state index in [0.717, 1.165) is 14.7 Å². The minimum atomic E-state index is 0.129. The van der Waals surface area contributed by atoms with Crippen molar-refractivity contribution in [2.45, 2.75) is 6.42 Å². The molecule has 0 aliphatic rings. The summed E-state index contributed by atoms with van der Waals surface area (Å²) in [5.74, 6) is 0.129. The summed E-state index contributed by atoms with van der Waals surface area (Å²) in [4.78, 5) is 11.9. The fraction of sp³-hybridized carbons (Fsp3) is 0.167. The molecule has 1 aromatic carbocycles. The Balaban J connectivity index is 2.11.